The van der Waals surface area contributed by atoms with E-state index in [1.54, 1.807) is 4.57 Å². The molecule has 0 fully saturated rings. The van der Waals surface area contributed by atoms with Crippen molar-refractivity contribution in [3.63, 3.8) is 0 Å². The first-order valence-electron chi connectivity index (χ1n) is 15.9. The lowest BCUT2D eigenvalue weighted by atomic mass is 10.0. The molecule has 290 valence electrons. The molecule has 0 bridgehead atoms. The van der Waals surface area contributed by atoms with E-state index < -0.39 is 80.9 Å². The number of hydrogen-bond acceptors (Lipinski definition) is 8. The minimum Gasteiger partial charge on any atom is -0.480 e. The third-order valence-electron chi connectivity index (χ3n) is 7.86. The summed E-state index contributed by atoms with van der Waals surface area (Å²) in [6.07, 6.45) is 15.1. The molecule has 0 unspecified atom stereocenters. The first-order chi connectivity index (χ1) is 24.8. The van der Waals surface area contributed by atoms with Gasteiger partial charge in [0.05, 0.1) is 44.0 Å². The molecule has 0 aliphatic rings. The number of pyridine rings is 1. The maximum atomic E-state index is 16.8. The molecule has 0 saturated heterocycles. The van der Waals surface area contributed by atoms with E-state index in [9.17, 15) is 12.8 Å². The summed E-state index contributed by atoms with van der Waals surface area (Å²) in [5.74, 6) is -3.24. The number of halogens is 5. The zero-order valence-electron chi connectivity index (χ0n) is 30.2. The van der Waals surface area contributed by atoms with Crippen molar-refractivity contribution >= 4 is 58.3 Å². The van der Waals surface area contributed by atoms with E-state index in [1.165, 1.54) is 16.9 Å². The Bertz CT molecular complexity index is 2240. The number of anilines is 1. The van der Waals surface area contributed by atoms with Gasteiger partial charge in [-0.3, -0.25) is 9.29 Å². The predicted octanol–water partition coefficient (Wildman–Crippen LogP) is 7.32. The molecular weight excluding hydrogens is 780 g/mol. The van der Waals surface area contributed by atoms with Crippen LogP contribution in [0.15, 0.2) is 47.6 Å². The van der Waals surface area contributed by atoms with Crippen LogP contribution < -0.4 is 9.46 Å². The van der Waals surface area contributed by atoms with Crippen LogP contribution in [0.5, 0.6) is 5.88 Å². The van der Waals surface area contributed by atoms with E-state index in [0.29, 0.717) is 19.3 Å². The Kier molecular flexibility index (Phi) is 12.3. The van der Waals surface area contributed by atoms with Crippen molar-refractivity contribution in [2.75, 3.05) is 74.1 Å². The molecule has 53 heavy (non-hydrogen) atoms. The van der Waals surface area contributed by atoms with Crippen LogP contribution in [0, 0.1) is 23.3 Å². The lowest BCUT2D eigenvalue weighted by Gasteiger charge is -2.24. The van der Waals surface area contributed by atoms with Crippen molar-refractivity contribution in [1.82, 2.24) is 24.3 Å². The Morgan fingerprint density at radius 1 is 0.849 bits per heavy atom. The third kappa shape index (κ3) is 9.40. The number of rotatable bonds is 16. The molecular formula is C34H41ClF4N6O5S3. The summed E-state index contributed by atoms with van der Waals surface area (Å²) in [6.45, 7) is 0.653. The van der Waals surface area contributed by atoms with Gasteiger partial charge in [0.25, 0.3) is 10.0 Å². The van der Waals surface area contributed by atoms with Crippen LogP contribution in [0.2, 0.25) is 5.15 Å². The number of sulfonamides is 1. The van der Waals surface area contributed by atoms with Crippen molar-refractivity contribution in [2.45, 2.75) is 18.4 Å². The van der Waals surface area contributed by atoms with Gasteiger partial charge in [0.2, 0.25) is 5.88 Å². The van der Waals surface area contributed by atoms with Crippen LogP contribution in [0.4, 0.5) is 23.2 Å². The van der Waals surface area contributed by atoms with Crippen LogP contribution >= 0.6 is 31.7 Å². The number of benzene rings is 2. The second-order valence-electron chi connectivity index (χ2n) is 13.7. The van der Waals surface area contributed by atoms with E-state index in [0.717, 1.165) is 43.0 Å². The Balaban J connectivity index is 1.59. The maximum absolute atomic E-state index is 16.8. The summed E-state index contributed by atoms with van der Waals surface area (Å²) in [7, 11) is -5.33. The van der Waals surface area contributed by atoms with E-state index in [4.69, 9.17) is 25.8 Å². The van der Waals surface area contributed by atoms with Gasteiger partial charge < -0.3 is 14.2 Å². The molecule has 5 aromatic rings. The average molecular weight is 821 g/mol. The molecule has 11 nitrogen and oxygen atoms in total. The topological polar surface area (TPSA) is 122 Å². The molecule has 2 aromatic carbocycles. The minimum atomic E-state index is -4.73. The highest BCUT2D eigenvalue weighted by atomic mass is 35.5. The normalized spacial score (nSPS) is 13.1. The van der Waals surface area contributed by atoms with Crippen molar-refractivity contribution < 1.29 is 40.2 Å². The number of aromatic nitrogens is 5. The van der Waals surface area contributed by atoms with Crippen LogP contribution in [0.3, 0.4) is 0 Å². The smallest absolute Gasteiger partial charge is 0.267 e. The molecule has 0 aliphatic carbocycles. The van der Waals surface area contributed by atoms with Gasteiger partial charge in [-0.1, -0.05) is 17.7 Å². The Morgan fingerprint density at radius 3 is 2.15 bits per heavy atom. The largest absolute Gasteiger partial charge is 0.480 e. The molecule has 0 atom stereocenters. The van der Waals surface area contributed by atoms with E-state index >= 15 is 13.2 Å². The van der Waals surface area contributed by atoms with Crippen molar-refractivity contribution in [1.29, 1.82) is 0 Å². The van der Waals surface area contributed by atoms with E-state index in [2.05, 4.69) is 52.6 Å². The number of nitrogens with zero attached hydrogens (tertiary/aromatic N) is 5. The Hall–Kier alpha value is -3.55. The van der Waals surface area contributed by atoms with Crippen molar-refractivity contribution in [3.05, 3.63) is 71.1 Å². The van der Waals surface area contributed by atoms with Gasteiger partial charge in [0.1, 0.15) is 41.5 Å². The number of hydrogen-bond donors (Lipinski definition) is 1. The van der Waals surface area contributed by atoms with Gasteiger partial charge in [-0.15, -0.1) is 0 Å². The molecule has 3 aromatic heterocycles. The highest BCUT2D eigenvalue weighted by Crippen LogP contribution is 2.39. The molecule has 0 saturated carbocycles. The van der Waals surface area contributed by atoms with Gasteiger partial charge >= 0.3 is 0 Å². The second kappa shape index (κ2) is 16.0. The lowest BCUT2D eigenvalue weighted by molar-refractivity contribution is 0.0836. The van der Waals surface area contributed by atoms with Gasteiger partial charge in [0.15, 0.2) is 22.4 Å². The summed E-state index contributed by atoms with van der Waals surface area (Å²) in [5.41, 5.74) is -2.06. The fraction of sp³-hybridized carbons (Fsp3) is 0.382. The first kappa shape index (κ1) is 40.6. The summed E-state index contributed by atoms with van der Waals surface area (Å²) in [5, 5.41) is 5.13. The second-order valence-corrected chi connectivity index (χ2v) is 24.9. The third-order valence-corrected chi connectivity index (χ3v) is 12.3. The number of imidazole rings is 1. The van der Waals surface area contributed by atoms with Gasteiger partial charge in [-0.25, -0.2) is 60.7 Å². The first-order valence-corrected chi connectivity index (χ1v) is 23.8. The number of nitrogens with one attached hydrogen (secondary N) is 1. The average Bonchev–Trinajstić information content (AvgIpc) is 3.62. The standard InChI is InChI=1S/C34H41ClF4N6O5S3/c1-48-34-26(16-21(36)17-41-34)53(46,47)43-25-11-10-24(37)28(30(25)39)22-8-9-23-31(33-40-18-27(35)44(33)19-49-12-14-51(2,3)4)42-45(32(23)29(22)38)20-50-13-15-52(5,6)7/h8-11,16-18,43H,12-15,19-20H2,1-7H3. The molecule has 0 spiro atoms. The number of methoxy groups -OCH3 is 1. The molecule has 5 rings (SSSR count). The minimum absolute atomic E-state index is 0.0418. The molecule has 3 heterocycles. The van der Waals surface area contributed by atoms with Gasteiger partial charge in [-0.05, 0) is 55.7 Å². The van der Waals surface area contributed by atoms with Crippen molar-refractivity contribution in [2.24, 2.45) is 0 Å². The van der Waals surface area contributed by atoms with Crippen LogP contribution in [-0.4, -0.2) is 102 Å². The molecule has 19 heteroatoms. The Morgan fingerprint density at radius 2 is 1.51 bits per heavy atom. The molecule has 0 aliphatic heterocycles. The molecule has 0 radical (unpaired) electrons. The molecule has 1 N–H and O–H groups in total. The summed E-state index contributed by atoms with van der Waals surface area (Å²) < 4.78 is 110. The fourth-order valence-electron chi connectivity index (χ4n) is 5.11. The van der Waals surface area contributed by atoms with Gasteiger partial charge in [-0.2, -0.15) is 5.10 Å². The molecule has 0 amide bonds. The van der Waals surface area contributed by atoms with Crippen molar-refractivity contribution in [3.8, 4) is 28.5 Å². The van der Waals surface area contributed by atoms with Crippen LogP contribution in [0.25, 0.3) is 33.5 Å². The highest BCUT2D eigenvalue weighted by Gasteiger charge is 2.29. The predicted molar refractivity (Wildman–Crippen MR) is 205 cm³/mol. The van der Waals surface area contributed by atoms with Crippen LogP contribution in [-0.2, 0) is 33.0 Å². The lowest BCUT2D eigenvalue weighted by Crippen LogP contribution is -2.16. The zero-order chi connectivity index (χ0) is 38.9. The zero-order valence-corrected chi connectivity index (χ0v) is 33.4. The van der Waals surface area contributed by atoms with E-state index in [1.807, 2.05) is 4.72 Å². The number of fused-ring (bicyclic) bond motifs is 1. The monoisotopic (exact) mass is 820 g/mol. The van der Waals surface area contributed by atoms with Crippen LogP contribution in [0.1, 0.15) is 0 Å². The fourth-order valence-corrected chi connectivity index (χ4v) is 7.71. The quantitative estimate of drug-likeness (QED) is 0.0813. The number of ether oxygens (including phenoxy) is 3. The summed E-state index contributed by atoms with van der Waals surface area (Å²) >= 11 is 6.50. The summed E-state index contributed by atoms with van der Waals surface area (Å²) in [4.78, 5) is 7.29. The Labute approximate surface area is 313 Å². The van der Waals surface area contributed by atoms with E-state index in [-0.39, 0.29) is 41.0 Å². The highest BCUT2D eigenvalue weighted by molar-refractivity contribution is 8.32. The summed E-state index contributed by atoms with van der Waals surface area (Å²) in [6, 6.07) is 4.82. The maximum Gasteiger partial charge on any atom is 0.267 e. The SMILES string of the molecule is COc1ncc(F)cc1S(=O)(=O)Nc1ccc(F)c(-c2ccc3c(-c4ncc(Cl)n4COCCS(C)(C)C)nn(COCCS(C)(C)C)c3c2F)c1F. The van der Waals surface area contributed by atoms with Gasteiger partial charge in [0, 0.05) is 28.5 Å².